The Labute approximate surface area is 163 Å². The van der Waals surface area contributed by atoms with Crippen LogP contribution in [0.4, 0.5) is 0 Å². The largest absolute Gasteiger partial charge is 0.472 e. The number of hydrogen-bond donors (Lipinski definition) is 1. The van der Waals surface area contributed by atoms with Crippen molar-refractivity contribution in [2.45, 2.75) is 44.4 Å². The molecule has 0 bridgehead atoms. The van der Waals surface area contributed by atoms with Gasteiger partial charge in [0.05, 0.1) is 22.5 Å². The van der Waals surface area contributed by atoms with E-state index in [4.69, 9.17) is 9.40 Å². The van der Waals surface area contributed by atoms with Gasteiger partial charge in [-0.05, 0) is 31.7 Å². The molecule has 27 heavy (non-hydrogen) atoms. The molecular formula is C20H25N3O3S. The molecule has 2 aromatic heterocycles. The molecular weight excluding hydrogens is 362 g/mol. The smallest absolute Gasteiger partial charge is 0.257 e. The van der Waals surface area contributed by atoms with Crippen molar-refractivity contribution in [3.05, 3.63) is 40.2 Å². The molecule has 1 aliphatic carbocycles. The number of aromatic nitrogens is 1. The molecule has 1 N–H and O–H groups in total. The maximum absolute atomic E-state index is 12.5. The molecule has 0 unspecified atom stereocenters. The third-order valence-corrected chi connectivity index (χ3v) is 6.61. The number of nitrogens with zero attached hydrogens (tertiary/aromatic N) is 2. The van der Waals surface area contributed by atoms with Crippen molar-refractivity contribution in [1.82, 2.24) is 15.2 Å². The van der Waals surface area contributed by atoms with Crippen LogP contribution in [0.5, 0.6) is 0 Å². The monoisotopic (exact) mass is 387 g/mol. The number of amides is 2. The molecule has 1 saturated carbocycles. The van der Waals surface area contributed by atoms with Crippen LogP contribution in [0.1, 0.15) is 59.1 Å². The first-order valence-electron chi connectivity index (χ1n) is 9.74. The van der Waals surface area contributed by atoms with Gasteiger partial charge in [0.15, 0.2) is 0 Å². The summed E-state index contributed by atoms with van der Waals surface area (Å²) in [5, 5.41) is 6.21. The highest BCUT2D eigenvalue weighted by atomic mass is 32.1. The molecule has 1 atom stereocenters. The number of hydrogen-bond acceptors (Lipinski definition) is 5. The van der Waals surface area contributed by atoms with E-state index in [1.807, 2.05) is 4.90 Å². The first-order valence-corrected chi connectivity index (χ1v) is 10.6. The molecule has 2 aliphatic rings. The summed E-state index contributed by atoms with van der Waals surface area (Å²) in [6.45, 7) is 2.13. The molecule has 3 heterocycles. The molecule has 7 heteroatoms. The fourth-order valence-electron chi connectivity index (χ4n) is 3.69. The van der Waals surface area contributed by atoms with Crippen LogP contribution in [0.3, 0.4) is 0 Å². The van der Waals surface area contributed by atoms with Gasteiger partial charge < -0.3 is 14.6 Å². The summed E-state index contributed by atoms with van der Waals surface area (Å²) in [5.41, 5.74) is 1.64. The minimum Gasteiger partial charge on any atom is -0.472 e. The molecule has 4 rings (SSSR count). The highest BCUT2D eigenvalue weighted by Crippen LogP contribution is 2.30. The van der Waals surface area contributed by atoms with Crippen molar-refractivity contribution in [2.75, 3.05) is 19.6 Å². The Morgan fingerprint density at radius 3 is 2.93 bits per heavy atom. The standard InChI is InChI=1S/C20H25N3O3S/c24-18(14-3-1-4-14)21-8-6-17-13-27-19(22-17)15-5-2-9-23(11-15)20(25)16-7-10-26-12-16/h7,10,12-15H,1-6,8-9,11H2,(H,21,24)/t15-/m0/s1. The molecule has 2 aromatic rings. The Balaban J connectivity index is 1.29. The SMILES string of the molecule is O=C(NCCc1csc([C@H]2CCCN(C(=O)c3ccoc3)C2)n1)C1CCC1. The zero-order valence-electron chi connectivity index (χ0n) is 15.4. The zero-order chi connectivity index (χ0) is 18.6. The van der Waals surface area contributed by atoms with E-state index in [9.17, 15) is 9.59 Å². The van der Waals surface area contributed by atoms with Crippen molar-refractivity contribution in [1.29, 1.82) is 0 Å². The van der Waals surface area contributed by atoms with Crippen molar-refractivity contribution >= 4 is 23.2 Å². The van der Waals surface area contributed by atoms with Crippen LogP contribution in [-0.2, 0) is 11.2 Å². The summed E-state index contributed by atoms with van der Waals surface area (Å²) in [5.74, 6) is 0.747. The zero-order valence-corrected chi connectivity index (χ0v) is 16.2. The summed E-state index contributed by atoms with van der Waals surface area (Å²) in [4.78, 5) is 31.1. The molecule has 0 spiro atoms. The van der Waals surface area contributed by atoms with Gasteiger partial charge in [0.1, 0.15) is 6.26 Å². The predicted octanol–water partition coefficient (Wildman–Crippen LogP) is 3.21. The third kappa shape index (κ3) is 4.24. The Morgan fingerprint density at radius 1 is 1.30 bits per heavy atom. The number of furan rings is 1. The molecule has 2 fully saturated rings. The van der Waals surface area contributed by atoms with Crippen LogP contribution in [-0.4, -0.2) is 41.3 Å². The normalized spacial score (nSPS) is 20.3. The minimum absolute atomic E-state index is 0.0314. The number of carbonyl (C=O) groups excluding carboxylic acids is 2. The third-order valence-electron chi connectivity index (χ3n) is 5.55. The molecule has 0 aromatic carbocycles. The second kappa shape index (κ2) is 8.25. The Kier molecular flexibility index (Phi) is 5.57. The summed E-state index contributed by atoms with van der Waals surface area (Å²) < 4.78 is 5.03. The molecule has 0 radical (unpaired) electrons. The van der Waals surface area contributed by atoms with Crippen LogP contribution in [0.2, 0.25) is 0 Å². The van der Waals surface area contributed by atoms with Crippen LogP contribution in [0.25, 0.3) is 0 Å². The van der Waals surface area contributed by atoms with Crippen LogP contribution < -0.4 is 5.32 Å². The number of nitrogens with one attached hydrogen (secondary N) is 1. The van der Waals surface area contributed by atoms with Gasteiger partial charge in [-0.15, -0.1) is 11.3 Å². The van der Waals surface area contributed by atoms with Crippen molar-refractivity contribution in [3.63, 3.8) is 0 Å². The lowest BCUT2D eigenvalue weighted by Crippen LogP contribution is -2.39. The van der Waals surface area contributed by atoms with Gasteiger partial charge in [0.25, 0.3) is 5.91 Å². The van der Waals surface area contributed by atoms with E-state index < -0.39 is 0 Å². The van der Waals surface area contributed by atoms with Crippen LogP contribution in [0.15, 0.2) is 28.4 Å². The number of carbonyl (C=O) groups is 2. The van der Waals surface area contributed by atoms with Gasteiger partial charge in [0, 0.05) is 43.3 Å². The minimum atomic E-state index is 0.0314. The van der Waals surface area contributed by atoms with Gasteiger partial charge in [-0.2, -0.15) is 0 Å². The van der Waals surface area contributed by atoms with Gasteiger partial charge in [0.2, 0.25) is 5.91 Å². The first kappa shape index (κ1) is 18.2. The average molecular weight is 388 g/mol. The summed E-state index contributed by atoms with van der Waals surface area (Å²) in [6.07, 6.45) is 9.08. The van der Waals surface area contributed by atoms with Crippen molar-refractivity contribution < 1.29 is 14.0 Å². The Bertz CT molecular complexity index is 782. The van der Waals surface area contributed by atoms with E-state index in [2.05, 4.69) is 10.7 Å². The molecule has 1 aliphatic heterocycles. The van der Waals surface area contributed by atoms with Gasteiger partial charge in [-0.25, -0.2) is 4.98 Å². The van der Waals surface area contributed by atoms with E-state index in [-0.39, 0.29) is 23.7 Å². The second-order valence-corrected chi connectivity index (χ2v) is 8.34. The fraction of sp³-hybridized carbons (Fsp3) is 0.550. The topological polar surface area (TPSA) is 75.4 Å². The first-order chi connectivity index (χ1) is 13.2. The van der Waals surface area contributed by atoms with E-state index in [1.165, 1.54) is 18.9 Å². The molecule has 1 saturated heterocycles. The number of rotatable bonds is 6. The van der Waals surface area contributed by atoms with Crippen LogP contribution in [0, 0.1) is 5.92 Å². The van der Waals surface area contributed by atoms with Crippen LogP contribution >= 0.6 is 11.3 Å². The molecule has 6 nitrogen and oxygen atoms in total. The molecule has 144 valence electrons. The predicted molar refractivity (Wildman–Crippen MR) is 103 cm³/mol. The van der Waals surface area contributed by atoms with E-state index in [0.717, 1.165) is 49.4 Å². The number of piperidine rings is 1. The lowest BCUT2D eigenvalue weighted by molar-refractivity contribution is -0.127. The van der Waals surface area contributed by atoms with Gasteiger partial charge in [-0.1, -0.05) is 6.42 Å². The van der Waals surface area contributed by atoms with Crippen molar-refractivity contribution in [3.8, 4) is 0 Å². The molecule has 2 amide bonds. The van der Waals surface area contributed by atoms with E-state index in [1.54, 1.807) is 17.4 Å². The van der Waals surface area contributed by atoms with E-state index >= 15 is 0 Å². The van der Waals surface area contributed by atoms with Gasteiger partial charge >= 0.3 is 0 Å². The maximum atomic E-state index is 12.5. The lowest BCUT2D eigenvalue weighted by Gasteiger charge is -2.31. The Morgan fingerprint density at radius 2 is 2.19 bits per heavy atom. The fourth-order valence-corrected chi connectivity index (χ4v) is 4.67. The maximum Gasteiger partial charge on any atom is 0.257 e. The van der Waals surface area contributed by atoms with Gasteiger partial charge in [-0.3, -0.25) is 9.59 Å². The second-order valence-electron chi connectivity index (χ2n) is 7.45. The highest BCUT2D eigenvalue weighted by molar-refractivity contribution is 7.09. The quantitative estimate of drug-likeness (QED) is 0.826. The number of likely N-dealkylation sites (tertiary alicyclic amines) is 1. The summed E-state index contributed by atoms with van der Waals surface area (Å²) in [7, 11) is 0. The summed E-state index contributed by atoms with van der Waals surface area (Å²) in [6, 6.07) is 1.71. The Hall–Kier alpha value is -2.15. The van der Waals surface area contributed by atoms with E-state index in [0.29, 0.717) is 18.7 Å². The average Bonchev–Trinajstić information content (AvgIpc) is 3.32. The lowest BCUT2D eigenvalue weighted by atomic mass is 9.85. The summed E-state index contributed by atoms with van der Waals surface area (Å²) >= 11 is 1.67. The number of thiazole rings is 1. The highest BCUT2D eigenvalue weighted by Gasteiger charge is 2.28. The van der Waals surface area contributed by atoms with Crippen molar-refractivity contribution in [2.24, 2.45) is 5.92 Å².